The predicted molar refractivity (Wildman–Crippen MR) is 90.8 cm³/mol. The van der Waals surface area contributed by atoms with Crippen LogP contribution in [0.4, 0.5) is 5.69 Å². The minimum absolute atomic E-state index is 0.0358. The van der Waals surface area contributed by atoms with E-state index in [1.165, 1.54) is 4.90 Å². The largest absolute Gasteiger partial charge is 0.449 e. The van der Waals surface area contributed by atoms with Crippen molar-refractivity contribution in [2.45, 2.75) is 25.3 Å². The van der Waals surface area contributed by atoms with Crippen LogP contribution >= 0.6 is 0 Å². The van der Waals surface area contributed by atoms with Gasteiger partial charge in [-0.25, -0.2) is 4.98 Å². The van der Waals surface area contributed by atoms with Crippen molar-refractivity contribution in [1.82, 2.24) is 9.88 Å². The molecule has 7 nitrogen and oxygen atoms in total. The number of anilines is 1. The molecule has 0 bridgehead atoms. The third kappa shape index (κ3) is 2.51. The zero-order chi connectivity index (χ0) is 17.6. The number of primary amides is 1. The summed E-state index contributed by atoms with van der Waals surface area (Å²) < 4.78 is 5.27. The summed E-state index contributed by atoms with van der Waals surface area (Å²) in [4.78, 5) is 32.7. The van der Waals surface area contributed by atoms with E-state index in [0.717, 1.165) is 29.9 Å². The molecule has 0 saturated carbocycles. The third-order valence-electron chi connectivity index (χ3n) is 5.08. The second-order valence-electron chi connectivity index (χ2n) is 6.78. The first-order valence-corrected chi connectivity index (χ1v) is 8.33. The number of amides is 2. The molecule has 3 heterocycles. The zero-order valence-corrected chi connectivity index (χ0v) is 14.1. The van der Waals surface area contributed by atoms with Crippen molar-refractivity contribution in [3.05, 3.63) is 47.7 Å². The number of aryl methyl sites for hydroxylation is 1. The Hall–Kier alpha value is -2.67. The number of carbonyl (C=O) groups is 2. The van der Waals surface area contributed by atoms with Gasteiger partial charge < -0.3 is 15.1 Å². The van der Waals surface area contributed by atoms with Gasteiger partial charge in [0.15, 0.2) is 5.89 Å². The van der Waals surface area contributed by atoms with Crippen LogP contribution < -0.4 is 10.6 Å². The number of rotatable bonds is 4. The number of para-hydroxylation sites is 1. The maximum absolute atomic E-state index is 13.2. The number of aromatic nitrogens is 1. The fraction of sp³-hybridized carbons (Fsp3) is 0.389. The molecule has 1 fully saturated rings. The molecule has 1 aromatic carbocycles. The quantitative estimate of drug-likeness (QED) is 0.895. The van der Waals surface area contributed by atoms with Gasteiger partial charge in [-0.3, -0.25) is 14.5 Å². The van der Waals surface area contributed by atoms with Crippen molar-refractivity contribution < 1.29 is 14.0 Å². The van der Waals surface area contributed by atoms with Gasteiger partial charge in [0.1, 0.15) is 12.8 Å². The Labute approximate surface area is 145 Å². The summed E-state index contributed by atoms with van der Waals surface area (Å²) in [6.07, 6.45) is 2.37. The molecule has 130 valence electrons. The van der Waals surface area contributed by atoms with Crippen LogP contribution in [0.25, 0.3) is 0 Å². The lowest BCUT2D eigenvalue weighted by Crippen LogP contribution is -2.45. The van der Waals surface area contributed by atoms with E-state index in [4.69, 9.17) is 10.2 Å². The Kier molecular flexibility index (Phi) is 3.61. The van der Waals surface area contributed by atoms with Crippen molar-refractivity contribution in [2.75, 3.05) is 24.5 Å². The molecule has 1 spiro atoms. The standard InChI is InChI=1S/C18H20N4O3/c1-12-20-13(10-25-12)8-21-7-6-18(11-21)14-4-2-3-5-15(14)22(17(18)24)9-16(19)23/h2-5,10H,6-9,11H2,1H3,(H2,19,23)/t18-/m1/s1. The number of hydrogen-bond donors (Lipinski definition) is 1. The number of carbonyl (C=O) groups excluding carboxylic acids is 2. The van der Waals surface area contributed by atoms with Crippen LogP contribution in [0.5, 0.6) is 0 Å². The number of fused-ring (bicyclic) bond motifs is 2. The molecule has 2 N–H and O–H groups in total. The topological polar surface area (TPSA) is 92.7 Å². The minimum Gasteiger partial charge on any atom is -0.449 e. The Morgan fingerprint density at radius 3 is 2.92 bits per heavy atom. The van der Waals surface area contributed by atoms with Gasteiger partial charge in [0.2, 0.25) is 11.8 Å². The van der Waals surface area contributed by atoms with E-state index in [1.807, 2.05) is 31.2 Å². The molecule has 1 aromatic heterocycles. The highest BCUT2D eigenvalue weighted by Crippen LogP contribution is 2.47. The van der Waals surface area contributed by atoms with Gasteiger partial charge in [0, 0.05) is 32.2 Å². The van der Waals surface area contributed by atoms with E-state index in [2.05, 4.69) is 9.88 Å². The Balaban J connectivity index is 1.63. The Bertz CT molecular complexity index is 846. The molecule has 0 radical (unpaired) electrons. The van der Waals surface area contributed by atoms with Crippen molar-refractivity contribution in [2.24, 2.45) is 5.73 Å². The molecule has 2 aliphatic rings. The Morgan fingerprint density at radius 2 is 2.20 bits per heavy atom. The average Bonchev–Trinajstić information content (AvgIpc) is 3.24. The summed E-state index contributed by atoms with van der Waals surface area (Å²) >= 11 is 0. The molecular formula is C18H20N4O3. The van der Waals surface area contributed by atoms with Crippen LogP contribution in [0.1, 0.15) is 23.6 Å². The van der Waals surface area contributed by atoms with E-state index in [1.54, 1.807) is 6.26 Å². The summed E-state index contributed by atoms with van der Waals surface area (Å²) in [5, 5.41) is 0. The van der Waals surface area contributed by atoms with Crippen molar-refractivity contribution >= 4 is 17.5 Å². The molecule has 2 amide bonds. The van der Waals surface area contributed by atoms with E-state index in [9.17, 15) is 9.59 Å². The molecule has 0 aliphatic carbocycles. The summed E-state index contributed by atoms with van der Waals surface area (Å²) in [5.74, 6) is 0.0956. The molecular weight excluding hydrogens is 320 g/mol. The van der Waals surface area contributed by atoms with E-state index in [-0.39, 0.29) is 12.5 Å². The van der Waals surface area contributed by atoms with Crippen LogP contribution in [0.3, 0.4) is 0 Å². The molecule has 4 rings (SSSR count). The Morgan fingerprint density at radius 1 is 1.40 bits per heavy atom. The van der Waals surface area contributed by atoms with Crippen LogP contribution in [0, 0.1) is 6.92 Å². The predicted octanol–water partition coefficient (Wildman–Crippen LogP) is 0.959. The fourth-order valence-corrected chi connectivity index (χ4v) is 4.04. The van der Waals surface area contributed by atoms with Crippen LogP contribution in [0.2, 0.25) is 0 Å². The van der Waals surface area contributed by atoms with Gasteiger partial charge in [-0.1, -0.05) is 18.2 Å². The van der Waals surface area contributed by atoms with Crippen molar-refractivity contribution in [3.63, 3.8) is 0 Å². The number of nitrogens with two attached hydrogens (primary N) is 1. The molecule has 25 heavy (non-hydrogen) atoms. The monoisotopic (exact) mass is 340 g/mol. The number of likely N-dealkylation sites (tertiary alicyclic amines) is 1. The third-order valence-corrected chi connectivity index (χ3v) is 5.08. The lowest BCUT2D eigenvalue weighted by molar-refractivity contribution is -0.125. The highest BCUT2D eigenvalue weighted by molar-refractivity contribution is 6.11. The van der Waals surface area contributed by atoms with Gasteiger partial charge in [-0.2, -0.15) is 0 Å². The maximum atomic E-state index is 13.2. The van der Waals surface area contributed by atoms with Gasteiger partial charge in [0.25, 0.3) is 0 Å². The first-order chi connectivity index (χ1) is 12.0. The van der Waals surface area contributed by atoms with E-state index >= 15 is 0 Å². The highest BCUT2D eigenvalue weighted by Gasteiger charge is 2.54. The second-order valence-corrected chi connectivity index (χ2v) is 6.78. The summed E-state index contributed by atoms with van der Waals surface area (Å²) in [5.41, 5.74) is 7.39. The van der Waals surface area contributed by atoms with E-state index < -0.39 is 11.3 Å². The fourth-order valence-electron chi connectivity index (χ4n) is 4.04. The minimum atomic E-state index is -0.606. The molecule has 1 atom stereocenters. The zero-order valence-electron chi connectivity index (χ0n) is 14.1. The number of benzene rings is 1. The number of hydrogen-bond acceptors (Lipinski definition) is 5. The normalized spacial score (nSPS) is 22.8. The van der Waals surface area contributed by atoms with Gasteiger partial charge in [-0.15, -0.1) is 0 Å². The second kappa shape index (κ2) is 5.70. The summed E-state index contributed by atoms with van der Waals surface area (Å²) in [6, 6.07) is 7.68. The lowest BCUT2D eigenvalue weighted by atomic mass is 9.81. The summed E-state index contributed by atoms with van der Waals surface area (Å²) in [7, 11) is 0. The van der Waals surface area contributed by atoms with Gasteiger partial charge in [-0.05, 0) is 18.1 Å². The molecule has 7 heteroatoms. The smallest absolute Gasteiger partial charge is 0.239 e. The highest BCUT2D eigenvalue weighted by atomic mass is 16.3. The first-order valence-electron chi connectivity index (χ1n) is 8.33. The van der Waals surface area contributed by atoms with Crippen LogP contribution in [-0.2, 0) is 21.5 Å². The van der Waals surface area contributed by atoms with Crippen LogP contribution in [-0.4, -0.2) is 41.3 Å². The lowest BCUT2D eigenvalue weighted by Gasteiger charge is -2.24. The average molecular weight is 340 g/mol. The van der Waals surface area contributed by atoms with Crippen LogP contribution in [0.15, 0.2) is 34.9 Å². The maximum Gasteiger partial charge on any atom is 0.239 e. The molecule has 0 unspecified atom stereocenters. The van der Waals surface area contributed by atoms with Gasteiger partial charge in [0.05, 0.1) is 11.1 Å². The number of nitrogens with zero attached hydrogens (tertiary/aromatic N) is 3. The van der Waals surface area contributed by atoms with Crippen molar-refractivity contribution in [3.8, 4) is 0 Å². The van der Waals surface area contributed by atoms with Crippen molar-refractivity contribution in [1.29, 1.82) is 0 Å². The summed E-state index contributed by atoms with van der Waals surface area (Å²) in [6.45, 7) is 3.76. The molecule has 2 aromatic rings. The molecule has 1 saturated heterocycles. The number of oxazole rings is 1. The van der Waals surface area contributed by atoms with E-state index in [0.29, 0.717) is 19.0 Å². The first kappa shape index (κ1) is 15.8. The van der Waals surface area contributed by atoms with Gasteiger partial charge >= 0.3 is 0 Å². The molecule has 2 aliphatic heterocycles. The SMILES string of the molecule is Cc1nc(CN2CC[C@]3(C2)C(=O)N(CC(N)=O)c2ccccc23)co1.